The van der Waals surface area contributed by atoms with Crippen molar-refractivity contribution in [3.8, 4) is 0 Å². The molecule has 0 unspecified atom stereocenters. The molecule has 132 valence electrons. The minimum absolute atomic E-state index is 0.00431. The molecule has 2 aromatic rings. The van der Waals surface area contributed by atoms with Crippen LogP contribution in [-0.2, 0) is 6.18 Å². The van der Waals surface area contributed by atoms with Gasteiger partial charge in [-0.25, -0.2) is 0 Å². The normalized spacial score (nSPS) is 15.7. The molecule has 6 heteroatoms. The van der Waals surface area contributed by atoms with Gasteiger partial charge in [0.2, 0.25) is 0 Å². The highest BCUT2D eigenvalue weighted by molar-refractivity contribution is 9.10. The van der Waals surface area contributed by atoms with E-state index in [1.54, 1.807) is 0 Å². The molecule has 1 fully saturated rings. The Morgan fingerprint density at radius 1 is 1.20 bits per heavy atom. The predicted octanol–water partition coefficient (Wildman–Crippen LogP) is 5.84. The van der Waals surface area contributed by atoms with Crippen LogP contribution in [0.4, 0.5) is 13.2 Å². The Hall–Kier alpha value is -1.82. The molecule has 0 saturated heterocycles. The Morgan fingerprint density at radius 3 is 2.52 bits per heavy atom. The van der Waals surface area contributed by atoms with Gasteiger partial charge < -0.3 is 5.32 Å². The Labute approximate surface area is 152 Å². The molecule has 0 heterocycles. The van der Waals surface area contributed by atoms with Gasteiger partial charge in [0.15, 0.2) is 0 Å². The zero-order valence-electron chi connectivity index (χ0n) is 13.5. The summed E-state index contributed by atoms with van der Waals surface area (Å²) in [5.41, 5.74) is 1.33. The molecule has 1 amide bonds. The summed E-state index contributed by atoms with van der Waals surface area (Å²) in [6, 6.07) is 10.1. The second-order valence-electron chi connectivity index (χ2n) is 6.33. The maximum atomic E-state index is 12.8. The lowest BCUT2D eigenvalue weighted by Crippen LogP contribution is -2.27. The number of amides is 1. The number of alkyl halides is 3. The Morgan fingerprint density at radius 2 is 1.92 bits per heavy atom. The summed E-state index contributed by atoms with van der Waals surface area (Å²) in [5, 5.41) is 2.76. The highest BCUT2D eigenvalue weighted by atomic mass is 79.9. The van der Waals surface area contributed by atoms with Gasteiger partial charge in [-0.15, -0.1) is 0 Å². The van der Waals surface area contributed by atoms with Gasteiger partial charge in [0, 0.05) is 10.0 Å². The summed E-state index contributed by atoms with van der Waals surface area (Å²) in [4.78, 5) is 12.3. The molecule has 1 N–H and O–H groups in total. The van der Waals surface area contributed by atoms with E-state index >= 15 is 0 Å². The highest BCUT2D eigenvalue weighted by Crippen LogP contribution is 2.43. The van der Waals surface area contributed by atoms with Crippen molar-refractivity contribution in [3.05, 3.63) is 69.2 Å². The number of hydrogen-bond acceptors (Lipinski definition) is 1. The fourth-order valence-corrected chi connectivity index (χ4v) is 3.46. The maximum Gasteiger partial charge on any atom is 0.416 e. The molecule has 0 aromatic heterocycles. The number of halogens is 4. The Bertz CT molecular complexity index is 799. The molecule has 1 aliphatic rings. The fourth-order valence-electron chi connectivity index (χ4n) is 2.74. The summed E-state index contributed by atoms with van der Waals surface area (Å²) in [6.45, 7) is 1.81. The van der Waals surface area contributed by atoms with Gasteiger partial charge in [-0.2, -0.15) is 13.2 Å². The summed E-state index contributed by atoms with van der Waals surface area (Å²) in [7, 11) is 0. The van der Waals surface area contributed by atoms with Crippen LogP contribution >= 0.6 is 15.9 Å². The monoisotopic (exact) mass is 411 g/mol. The number of carbonyl (C=O) groups is 1. The van der Waals surface area contributed by atoms with Crippen molar-refractivity contribution in [1.29, 1.82) is 0 Å². The van der Waals surface area contributed by atoms with Crippen molar-refractivity contribution in [2.75, 3.05) is 0 Å². The first kappa shape index (κ1) is 18.0. The third kappa shape index (κ3) is 4.24. The quantitative estimate of drug-likeness (QED) is 0.672. The third-order valence-corrected chi connectivity index (χ3v) is 5.03. The van der Waals surface area contributed by atoms with E-state index in [0.717, 1.165) is 22.2 Å². The van der Waals surface area contributed by atoms with Gasteiger partial charge in [-0.05, 0) is 61.1 Å². The molecule has 0 aliphatic heterocycles. The average molecular weight is 412 g/mol. The van der Waals surface area contributed by atoms with Crippen molar-refractivity contribution >= 4 is 21.8 Å². The van der Waals surface area contributed by atoms with Gasteiger partial charge in [-0.3, -0.25) is 4.79 Å². The predicted molar refractivity (Wildman–Crippen MR) is 93.4 cm³/mol. The highest BCUT2D eigenvalue weighted by Gasteiger charge is 2.31. The van der Waals surface area contributed by atoms with Crippen LogP contribution in [0.3, 0.4) is 0 Å². The molecule has 0 radical (unpaired) electrons. The van der Waals surface area contributed by atoms with Crippen LogP contribution in [0, 0.1) is 0 Å². The first-order valence-electron chi connectivity index (χ1n) is 8.03. The van der Waals surface area contributed by atoms with Crippen molar-refractivity contribution in [2.45, 2.75) is 37.9 Å². The van der Waals surface area contributed by atoms with E-state index in [-0.39, 0.29) is 11.6 Å². The van der Waals surface area contributed by atoms with E-state index in [2.05, 4.69) is 21.2 Å². The Balaban J connectivity index is 1.73. The number of nitrogens with one attached hydrogen (secondary N) is 1. The van der Waals surface area contributed by atoms with Crippen LogP contribution in [0.1, 0.15) is 58.8 Å². The van der Waals surface area contributed by atoms with E-state index in [1.165, 1.54) is 30.5 Å². The summed E-state index contributed by atoms with van der Waals surface area (Å²) >= 11 is 3.56. The summed E-state index contributed by atoms with van der Waals surface area (Å²) < 4.78 is 39.3. The molecule has 3 rings (SSSR count). The van der Waals surface area contributed by atoms with Gasteiger partial charge in [0.25, 0.3) is 5.91 Å². The molecule has 1 atom stereocenters. The van der Waals surface area contributed by atoms with Crippen molar-refractivity contribution in [1.82, 2.24) is 5.32 Å². The number of carbonyl (C=O) groups excluding carboxylic acids is 1. The summed E-state index contributed by atoms with van der Waals surface area (Å²) in [5.74, 6) is 0.0828. The third-order valence-electron chi connectivity index (χ3n) is 4.34. The van der Waals surface area contributed by atoms with Crippen LogP contribution in [0.5, 0.6) is 0 Å². The number of hydrogen-bond donors (Lipinski definition) is 1. The molecule has 2 aromatic carbocycles. The lowest BCUT2D eigenvalue weighted by molar-refractivity contribution is -0.137. The van der Waals surface area contributed by atoms with Crippen LogP contribution < -0.4 is 5.32 Å². The van der Waals surface area contributed by atoms with E-state index in [0.29, 0.717) is 5.92 Å². The van der Waals surface area contributed by atoms with Crippen LogP contribution in [0.2, 0.25) is 0 Å². The standard InChI is InChI=1S/C19H17BrF3NO/c1-11(13-7-8-16(12-5-6-12)17(20)10-13)24-18(25)14-3-2-4-15(9-14)19(21,22)23/h2-4,7-12H,5-6H2,1H3,(H,24,25)/t11-/m1/s1. The second-order valence-corrected chi connectivity index (χ2v) is 7.18. The van der Waals surface area contributed by atoms with Gasteiger partial charge >= 0.3 is 6.18 Å². The minimum atomic E-state index is -4.47. The van der Waals surface area contributed by atoms with Gasteiger partial charge in [0.1, 0.15) is 0 Å². The average Bonchev–Trinajstić information content (AvgIpc) is 3.38. The molecule has 1 aliphatic carbocycles. The molecular weight excluding hydrogens is 395 g/mol. The molecule has 2 nitrogen and oxygen atoms in total. The molecule has 25 heavy (non-hydrogen) atoms. The number of rotatable bonds is 4. The van der Waals surface area contributed by atoms with E-state index < -0.39 is 17.6 Å². The zero-order valence-corrected chi connectivity index (χ0v) is 15.1. The molecule has 1 saturated carbocycles. The first-order chi connectivity index (χ1) is 11.8. The van der Waals surface area contributed by atoms with E-state index in [4.69, 9.17) is 0 Å². The SMILES string of the molecule is C[C@@H](NC(=O)c1cccc(C(F)(F)F)c1)c1ccc(C2CC2)c(Br)c1. The zero-order chi connectivity index (χ0) is 18.2. The van der Waals surface area contributed by atoms with Crippen molar-refractivity contribution < 1.29 is 18.0 Å². The topological polar surface area (TPSA) is 29.1 Å². The Kier molecular flexibility index (Phi) is 4.91. The van der Waals surface area contributed by atoms with Crippen molar-refractivity contribution in [2.24, 2.45) is 0 Å². The maximum absolute atomic E-state index is 12.8. The number of benzene rings is 2. The van der Waals surface area contributed by atoms with E-state index in [1.807, 2.05) is 25.1 Å². The lowest BCUT2D eigenvalue weighted by Gasteiger charge is -2.16. The second kappa shape index (κ2) is 6.83. The van der Waals surface area contributed by atoms with E-state index in [9.17, 15) is 18.0 Å². The van der Waals surface area contributed by atoms with Gasteiger partial charge in [0.05, 0.1) is 11.6 Å². The van der Waals surface area contributed by atoms with Crippen LogP contribution in [0.25, 0.3) is 0 Å². The largest absolute Gasteiger partial charge is 0.416 e. The summed E-state index contributed by atoms with van der Waals surface area (Å²) in [6.07, 6.45) is -2.08. The first-order valence-corrected chi connectivity index (χ1v) is 8.82. The van der Waals surface area contributed by atoms with Crippen LogP contribution in [0.15, 0.2) is 46.9 Å². The fraction of sp³-hybridized carbons (Fsp3) is 0.316. The lowest BCUT2D eigenvalue weighted by atomic mass is 10.0. The molecule has 0 bridgehead atoms. The minimum Gasteiger partial charge on any atom is -0.346 e. The molecule has 0 spiro atoms. The van der Waals surface area contributed by atoms with Crippen LogP contribution in [-0.4, -0.2) is 5.91 Å². The molecular formula is C19H17BrF3NO. The van der Waals surface area contributed by atoms with Gasteiger partial charge in [-0.1, -0.05) is 34.1 Å². The smallest absolute Gasteiger partial charge is 0.346 e. The van der Waals surface area contributed by atoms with Crippen molar-refractivity contribution in [3.63, 3.8) is 0 Å².